The smallest absolute Gasteiger partial charge is 0.191 e. The molecule has 0 saturated carbocycles. The van der Waals surface area contributed by atoms with Crippen molar-refractivity contribution >= 4 is 5.96 Å². The quantitative estimate of drug-likeness (QED) is 0.630. The summed E-state index contributed by atoms with van der Waals surface area (Å²) in [6.07, 6.45) is 0. The summed E-state index contributed by atoms with van der Waals surface area (Å²) in [4.78, 5) is 4.70. The van der Waals surface area contributed by atoms with Gasteiger partial charge in [0.15, 0.2) is 5.96 Å². The van der Waals surface area contributed by atoms with Crippen LogP contribution in [0.1, 0.15) is 47.9 Å². The molecule has 1 heterocycles. The Morgan fingerprint density at radius 1 is 1.21 bits per heavy atom. The van der Waals surface area contributed by atoms with Crippen LogP contribution >= 0.6 is 0 Å². The van der Waals surface area contributed by atoms with Crippen LogP contribution in [0.3, 0.4) is 0 Å². The van der Waals surface area contributed by atoms with Crippen LogP contribution in [0.4, 0.5) is 0 Å². The van der Waals surface area contributed by atoms with Crippen molar-refractivity contribution in [1.82, 2.24) is 15.8 Å². The number of rotatable bonds is 6. The van der Waals surface area contributed by atoms with Gasteiger partial charge < -0.3 is 15.2 Å². The van der Waals surface area contributed by atoms with Crippen molar-refractivity contribution in [3.63, 3.8) is 0 Å². The minimum absolute atomic E-state index is 0.304. The number of hydrogen-bond donors (Lipinski definition) is 2. The van der Waals surface area contributed by atoms with Crippen molar-refractivity contribution in [2.45, 2.75) is 47.1 Å². The maximum atomic E-state index is 5.27. The van der Waals surface area contributed by atoms with Gasteiger partial charge in [-0.15, -0.1) is 0 Å². The van der Waals surface area contributed by atoms with Gasteiger partial charge in [-0.2, -0.15) is 0 Å². The van der Waals surface area contributed by atoms with Crippen LogP contribution in [-0.2, 0) is 6.54 Å². The van der Waals surface area contributed by atoms with Crippen molar-refractivity contribution in [2.75, 3.05) is 13.1 Å². The monoisotopic (exact) mass is 328 g/mol. The summed E-state index contributed by atoms with van der Waals surface area (Å²) >= 11 is 0. The summed E-state index contributed by atoms with van der Waals surface area (Å²) in [5.74, 6) is 2.03. The van der Waals surface area contributed by atoms with Gasteiger partial charge in [0.2, 0.25) is 0 Å². The lowest BCUT2D eigenvalue weighted by Gasteiger charge is -2.16. The van der Waals surface area contributed by atoms with Crippen LogP contribution in [0.25, 0.3) is 0 Å². The molecular formula is C19H28N4O. The predicted molar refractivity (Wildman–Crippen MR) is 98.4 cm³/mol. The number of nitrogens with one attached hydrogen (secondary N) is 2. The Balaban J connectivity index is 2.00. The highest BCUT2D eigenvalue weighted by molar-refractivity contribution is 5.79. The minimum atomic E-state index is 0.304. The van der Waals surface area contributed by atoms with Crippen LogP contribution in [0.15, 0.2) is 33.8 Å². The highest BCUT2D eigenvalue weighted by Crippen LogP contribution is 2.22. The van der Waals surface area contributed by atoms with Crippen molar-refractivity contribution < 1.29 is 4.52 Å². The molecule has 130 valence electrons. The van der Waals surface area contributed by atoms with Crippen LogP contribution in [-0.4, -0.2) is 24.2 Å². The molecule has 0 bridgehead atoms. The molecule has 5 heteroatoms. The van der Waals surface area contributed by atoms with Crippen molar-refractivity contribution in [3.05, 3.63) is 52.4 Å². The number of aromatic nitrogens is 1. The summed E-state index contributed by atoms with van der Waals surface area (Å²) in [6, 6.07) is 8.34. The summed E-state index contributed by atoms with van der Waals surface area (Å²) in [7, 11) is 0. The first-order chi connectivity index (χ1) is 11.5. The van der Waals surface area contributed by atoms with E-state index in [-0.39, 0.29) is 0 Å². The average molecular weight is 328 g/mol. The van der Waals surface area contributed by atoms with Gasteiger partial charge in [-0.1, -0.05) is 36.3 Å². The fourth-order valence-corrected chi connectivity index (χ4v) is 2.84. The molecule has 0 fully saturated rings. The van der Waals surface area contributed by atoms with Gasteiger partial charge in [0, 0.05) is 24.6 Å². The molecule has 1 aromatic carbocycles. The Morgan fingerprint density at radius 3 is 2.58 bits per heavy atom. The molecule has 0 spiro atoms. The van der Waals surface area contributed by atoms with Crippen LogP contribution in [0.5, 0.6) is 0 Å². The second-order valence-electron chi connectivity index (χ2n) is 6.14. The summed E-state index contributed by atoms with van der Waals surface area (Å²) in [5, 5.41) is 10.8. The highest BCUT2D eigenvalue weighted by atomic mass is 16.5. The second kappa shape index (κ2) is 8.52. The fraction of sp³-hybridized carbons (Fsp3) is 0.474. The van der Waals surface area contributed by atoms with E-state index in [9.17, 15) is 0 Å². The lowest BCUT2D eigenvalue weighted by atomic mass is 10.00. The number of hydrogen-bond acceptors (Lipinski definition) is 3. The SMILES string of the molecule is CCNC(=NCc1ccccc1C)NCC(C)c1c(C)noc1C. The van der Waals surface area contributed by atoms with E-state index in [0.717, 1.165) is 30.5 Å². The van der Waals surface area contributed by atoms with Crippen molar-refractivity contribution in [1.29, 1.82) is 0 Å². The topological polar surface area (TPSA) is 62.5 Å². The van der Waals surface area contributed by atoms with Crippen LogP contribution in [0.2, 0.25) is 0 Å². The van der Waals surface area contributed by atoms with Crippen molar-refractivity contribution in [3.8, 4) is 0 Å². The van der Waals surface area contributed by atoms with Crippen LogP contribution in [0, 0.1) is 20.8 Å². The van der Waals surface area contributed by atoms with Gasteiger partial charge in [0.1, 0.15) is 5.76 Å². The maximum absolute atomic E-state index is 5.27. The molecule has 0 aliphatic carbocycles. The molecule has 1 aromatic heterocycles. The van der Waals surface area contributed by atoms with E-state index >= 15 is 0 Å². The van der Waals surface area contributed by atoms with Gasteiger partial charge in [0.05, 0.1) is 12.2 Å². The average Bonchev–Trinajstić information content (AvgIpc) is 2.90. The molecule has 2 N–H and O–H groups in total. The Bertz CT molecular complexity index is 671. The molecule has 1 unspecified atom stereocenters. The zero-order valence-corrected chi connectivity index (χ0v) is 15.3. The summed E-state index contributed by atoms with van der Waals surface area (Å²) in [5.41, 5.74) is 4.65. The molecular weight excluding hydrogens is 300 g/mol. The zero-order valence-electron chi connectivity index (χ0n) is 15.3. The molecule has 1 atom stereocenters. The lowest BCUT2D eigenvalue weighted by molar-refractivity contribution is 0.391. The van der Waals surface area contributed by atoms with E-state index in [1.54, 1.807) is 0 Å². The Hall–Kier alpha value is -2.30. The fourth-order valence-electron chi connectivity index (χ4n) is 2.84. The van der Waals surface area contributed by atoms with E-state index in [0.29, 0.717) is 12.5 Å². The number of aryl methyl sites for hydroxylation is 3. The highest BCUT2D eigenvalue weighted by Gasteiger charge is 2.16. The van der Waals surface area contributed by atoms with Crippen LogP contribution < -0.4 is 10.6 Å². The third-order valence-corrected chi connectivity index (χ3v) is 4.17. The third-order valence-electron chi connectivity index (χ3n) is 4.17. The predicted octanol–water partition coefficient (Wildman–Crippen LogP) is 3.46. The maximum Gasteiger partial charge on any atom is 0.191 e. The van der Waals surface area contributed by atoms with E-state index in [1.165, 1.54) is 16.7 Å². The molecule has 2 rings (SSSR count). The van der Waals surface area contributed by atoms with E-state index in [1.807, 2.05) is 13.8 Å². The molecule has 0 aliphatic rings. The molecule has 0 saturated heterocycles. The first-order valence-corrected chi connectivity index (χ1v) is 8.52. The first-order valence-electron chi connectivity index (χ1n) is 8.52. The number of aliphatic imine (C=N–C) groups is 1. The molecule has 2 aromatic rings. The lowest BCUT2D eigenvalue weighted by Crippen LogP contribution is -2.39. The minimum Gasteiger partial charge on any atom is -0.361 e. The van der Waals surface area contributed by atoms with E-state index in [2.05, 4.69) is 60.8 Å². The Labute approximate surface area is 144 Å². The zero-order chi connectivity index (χ0) is 17.5. The largest absolute Gasteiger partial charge is 0.361 e. The number of guanidine groups is 1. The standard InChI is InChI=1S/C19H28N4O/c1-6-20-19(22-12-17-10-8-7-9-13(17)2)21-11-14(3)18-15(4)23-24-16(18)5/h7-10,14H,6,11-12H2,1-5H3,(H2,20,21,22). The third kappa shape index (κ3) is 4.60. The first kappa shape index (κ1) is 18.0. The van der Waals surface area contributed by atoms with Gasteiger partial charge in [-0.3, -0.25) is 0 Å². The summed E-state index contributed by atoms with van der Waals surface area (Å²) in [6.45, 7) is 12.6. The normalized spacial score (nSPS) is 13.0. The summed E-state index contributed by atoms with van der Waals surface area (Å²) < 4.78 is 5.27. The van der Waals surface area contributed by atoms with Gasteiger partial charge >= 0.3 is 0 Å². The Kier molecular flexibility index (Phi) is 6.41. The van der Waals surface area contributed by atoms with Crippen molar-refractivity contribution in [2.24, 2.45) is 4.99 Å². The number of benzene rings is 1. The Morgan fingerprint density at radius 2 is 1.96 bits per heavy atom. The van der Waals surface area contributed by atoms with Gasteiger partial charge in [-0.05, 0) is 38.8 Å². The van der Waals surface area contributed by atoms with Gasteiger partial charge in [-0.25, -0.2) is 4.99 Å². The molecule has 0 amide bonds. The molecule has 5 nitrogen and oxygen atoms in total. The van der Waals surface area contributed by atoms with E-state index in [4.69, 9.17) is 9.52 Å². The van der Waals surface area contributed by atoms with E-state index < -0.39 is 0 Å². The molecule has 0 aliphatic heterocycles. The number of nitrogens with zero attached hydrogens (tertiary/aromatic N) is 2. The second-order valence-corrected chi connectivity index (χ2v) is 6.14. The molecule has 0 radical (unpaired) electrons. The molecule has 24 heavy (non-hydrogen) atoms. The van der Waals surface area contributed by atoms with Gasteiger partial charge in [0.25, 0.3) is 0 Å².